The summed E-state index contributed by atoms with van der Waals surface area (Å²) >= 11 is 0. The van der Waals surface area contributed by atoms with Crippen LogP contribution in [0.3, 0.4) is 0 Å². The molecule has 0 saturated carbocycles. The number of hydrogen-bond acceptors (Lipinski definition) is 7. The van der Waals surface area contributed by atoms with Crippen molar-refractivity contribution in [2.45, 2.75) is 0 Å². The molecular formula is C22H21N7O. The van der Waals surface area contributed by atoms with Crippen LogP contribution in [-0.4, -0.2) is 46.1 Å². The van der Waals surface area contributed by atoms with E-state index < -0.39 is 0 Å². The average molecular weight is 399 g/mol. The van der Waals surface area contributed by atoms with Crippen LogP contribution in [0.2, 0.25) is 0 Å². The summed E-state index contributed by atoms with van der Waals surface area (Å²) in [5.74, 6) is 1.17. The molecule has 0 radical (unpaired) electrons. The van der Waals surface area contributed by atoms with E-state index in [2.05, 4.69) is 47.6 Å². The number of aromatic nitrogens is 4. The zero-order valence-corrected chi connectivity index (χ0v) is 16.3. The van der Waals surface area contributed by atoms with E-state index in [9.17, 15) is 4.79 Å². The first-order chi connectivity index (χ1) is 14.8. The largest absolute Gasteiger partial charge is 0.369 e. The molecule has 30 heavy (non-hydrogen) atoms. The minimum absolute atomic E-state index is 0.188. The molecule has 1 aliphatic heterocycles. The van der Waals surface area contributed by atoms with Crippen LogP contribution in [0.5, 0.6) is 0 Å². The van der Waals surface area contributed by atoms with E-state index in [1.165, 1.54) is 5.69 Å². The predicted octanol–water partition coefficient (Wildman–Crippen LogP) is 2.53. The van der Waals surface area contributed by atoms with Crippen LogP contribution < -0.4 is 21.1 Å². The lowest BCUT2D eigenvalue weighted by molar-refractivity contribution is 0.589. The van der Waals surface area contributed by atoms with E-state index in [4.69, 9.17) is 0 Å². The van der Waals surface area contributed by atoms with Gasteiger partial charge in [-0.1, -0.05) is 6.07 Å². The number of anilines is 3. The number of aromatic amines is 1. The van der Waals surface area contributed by atoms with Crippen molar-refractivity contribution < 1.29 is 0 Å². The Hall–Kier alpha value is -3.78. The second-order valence-corrected chi connectivity index (χ2v) is 7.15. The van der Waals surface area contributed by atoms with Crippen molar-refractivity contribution in [1.29, 1.82) is 0 Å². The molecule has 1 saturated heterocycles. The van der Waals surface area contributed by atoms with Crippen LogP contribution in [0.1, 0.15) is 0 Å². The molecule has 5 rings (SSSR count). The summed E-state index contributed by atoms with van der Waals surface area (Å²) in [5.41, 5.74) is 3.29. The first-order valence-corrected chi connectivity index (χ1v) is 9.89. The minimum atomic E-state index is -0.188. The third kappa shape index (κ3) is 3.72. The Labute approximate surface area is 173 Å². The number of rotatable bonds is 4. The number of pyridine rings is 2. The van der Waals surface area contributed by atoms with Gasteiger partial charge in [-0.15, -0.1) is 0 Å². The lowest BCUT2D eigenvalue weighted by Crippen LogP contribution is -2.43. The van der Waals surface area contributed by atoms with Gasteiger partial charge in [0.25, 0.3) is 5.56 Å². The third-order valence-corrected chi connectivity index (χ3v) is 5.14. The molecule has 0 aliphatic carbocycles. The number of hydrogen-bond donors (Lipinski definition) is 3. The second kappa shape index (κ2) is 7.92. The Morgan fingerprint density at radius 3 is 2.83 bits per heavy atom. The van der Waals surface area contributed by atoms with Crippen molar-refractivity contribution in [3.63, 3.8) is 0 Å². The van der Waals surface area contributed by atoms with E-state index in [-0.39, 0.29) is 5.56 Å². The summed E-state index contributed by atoms with van der Waals surface area (Å²) < 4.78 is 0. The maximum absolute atomic E-state index is 12.4. The summed E-state index contributed by atoms with van der Waals surface area (Å²) in [5, 5.41) is 7.25. The van der Waals surface area contributed by atoms with E-state index >= 15 is 0 Å². The summed E-state index contributed by atoms with van der Waals surface area (Å²) in [4.78, 5) is 30.6. The summed E-state index contributed by atoms with van der Waals surface area (Å²) in [6.45, 7) is 3.97. The highest BCUT2D eigenvalue weighted by molar-refractivity contribution is 5.78. The number of piperazine rings is 1. The molecule has 0 bridgehead atoms. The van der Waals surface area contributed by atoms with Crippen LogP contribution in [0, 0.1) is 0 Å². The minimum Gasteiger partial charge on any atom is -0.369 e. The highest BCUT2D eigenvalue weighted by atomic mass is 16.1. The van der Waals surface area contributed by atoms with Crippen LogP contribution in [0.15, 0.2) is 65.8 Å². The molecule has 3 N–H and O–H groups in total. The van der Waals surface area contributed by atoms with E-state index in [0.29, 0.717) is 22.5 Å². The van der Waals surface area contributed by atoms with Gasteiger partial charge in [-0.3, -0.25) is 9.78 Å². The first kappa shape index (κ1) is 18.3. The number of benzene rings is 1. The zero-order chi connectivity index (χ0) is 20.3. The van der Waals surface area contributed by atoms with E-state index in [0.717, 1.165) is 37.4 Å². The fourth-order valence-corrected chi connectivity index (χ4v) is 3.62. The highest BCUT2D eigenvalue weighted by Gasteiger charge is 2.11. The van der Waals surface area contributed by atoms with Gasteiger partial charge in [0.15, 0.2) is 0 Å². The Balaban J connectivity index is 1.43. The smallest absolute Gasteiger partial charge is 0.259 e. The van der Waals surface area contributed by atoms with Crippen LogP contribution in [0.25, 0.3) is 22.3 Å². The molecule has 8 heteroatoms. The van der Waals surface area contributed by atoms with Crippen molar-refractivity contribution in [1.82, 2.24) is 25.3 Å². The predicted molar refractivity (Wildman–Crippen MR) is 118 cm³/mol. The Bertz CT molecular complexity index is 1250. The molecule has 0 unspecified atom stereocenters. The Morgan fingerprint density at radius 2 is 1.93 bits per heavy atom. The number of H-pyrrole nitrogens is 1. The average Bonchev–Trinajstić information content (AvgIpc) is 2.80. The number of nitrogens with one attached hydrogen (secondary N) is 3. The maximum atomic E-state index is 12.4. The standard InChI is InChI=1S/C22H21N7O/c30-22-18-5-6-24-14-19(18)27-21(28-22)15-4-7-25-20(12-15)26-16-2-1-3-17(13-16)29-10-8-23-9-11-29/h1-7,12-14,23H,8-11H2,(H,25,26)(H,27,28,30). The normalized spacial score (nSPS) is 14.1. The topological polar surface area (TPSA) is 98.8 Å². The van der Waals surface area contributed by atoms with Crippen molar-refractivity contribution in [2.24, 2.45) is 0 Å². The monoisotopic (exact) mass is 399 g/mol. The molecular weight excluding hydrogens is 378 g/mol. The summed E-state index contributed by atoms with van der Waals surface area (Å²) in [7, 11) is 0. The van der Waals surface area contributed by atoms with E-state index in [1.807, 2.05) is 24.3 Å². The second-order valence-electron chi connectivity index (χ2n) is 7.15. The van der Waals surface area contributed by atoms with Gasteiger partial charge in [-0.25, -0.2) is 9.97 Å². The van der Waals surface area contributed by atoms with Gasteiger partial charge in [-0.2, -0.15) is 0 Å². The molecule has 4 aromatic rings. The quantitative estimate of drug-likeness (QED) is 0.485. The molecule has 150 valence electrons. The fraction of sp³-hybridized carbons (Fsp3) is 0.182. The third-order valence-electron chi connectivity index (χ3n) is 5.14. The fourth-order valence-electron chi connectivity index (χ4n) is 3.62. The summed E-state index contributed by atoms with van der Waals surface area (Å²) in [6, 6.07) is 13.7. The lowest BCUT2D eigenvalue weighted by Gasteiger charge is -2.29. The first-order valence-electron chi connectivity index (χ1n) is 9.89. The van der Waals surface area contributed by atoms with Crippen molar-refractivity contribution in [3.8, 4) is 11.4 Å². The zero-order valence-electron chi connectivity index (χ0n) is 16.3. The molecule has 1 fully saturated rings. The highest BCUT2D eigenvalue weighted by Crippen LogP contribution is 2.24. The van der Waals surface area contributed by atoms with E-state index in [1.54, 1.807) is 24.7 Å². The van der Waals surface area contributed by atoms with Gasteiger partial charge in [0, 0.05) is 55.5 Å². The van der Waals surface area contributed by atoms with Gasteiger partial charge < -0.3 is 20.5 Å². The van der Waals surface area contributed by atoms with Gasteiger partial charge in [0.1, 0.15) is 11.6 Å². The van der Waals surface area contributed by atoms with Gasteiger partial charge in [0.05, 0.1) is 17.1 Å². The molecule has 0 amide bonds. The van der Waals surface area contributed by atoms with Gasteiger partial charge >= 0.3 is 0 Å². The number of nitrogens with zero attached hydrogens (tertiary/aromatic N) is 4. The Kier molecular flexibility index (Phi) is 4.82. The molecule has 1 aromatic carbocycles. The number of fused-ring (bicyclic) bond motifs is 1. The molecule has 8 nitrogen and oxygen atoms in total. The summed E-state index contributed by atoms with van der Waals surface area (Å²) in [6.07, 6.45) is 4.88. The maximum Gasteiger partial charge on any atom is 0.259 e. The van der Waals surface area contributed by atoms with Gasteiger partial charge in [-0.05, 0) is 36.4 Å². The Morgan fingerprint density at radius 1 is 1.03 bits per heavy atom. The molecule has 0 spiro atoms. The van der Waals surface area contributed by atoms with Crippen LogP contribution in [-0.2, 0) is 0 Å². The van der Waals surface area contributed by atoms with Crippen molar-refractivity contribution >= 4 is 28.1 Å². The molecule has 3 aromatic heterocycles. The molecule has 1 aliphatic rings. The SMILES string of the molecule is O=c1[nH]c(-c2ccnc(Nc3cccc(N4CCNCC4)c3)c2)nc2cnccc12. The lowest BCUT2D eigenvalue weighted by atomic mass is 10.2. The van der Waals surface area contributed by atoms with Gasteiger partial charge in [0.2, 0.25) is 0 Å². The van der Waals surface area contributed by atoms with Crippen molar-refractivity contribution in [2.75, 3.05) is 36.4 Å². The van der Waals surface area contributed by atoms with Crippen LogP contribution >= 0.6 is 0 Å². The molecule has 0 atom stereocenters. The van der Waals surface area contributed by atoms with Crippen molar-refractivity contribution in [3.05, 3.63) is 71.4 Å². The van der Waals surface area contributed by atoms with Crippen LogP contribution in [0.4, 0.5) is 17.2 Å². The molecule has 4 heterocycles.